The zero-order valence-corrected chi connectivity index (χ0v) is 19.0. The minimum Gasteiger partial charge on any atom is -0.372 e. The second-order valence-electron chi connectivity index (χ2n) is 8.30. The molecule has 3 rings (SSSR count). The van der Waals surface area contributed by atoms with E-state index in [9.17, 15) is 17.6 Å². The van der Waals surface area contributed by atoms with Gasteiger partial charge < -0.3 is 10.2 Å². The Hall–Kier alpha value is -2.61. The van der Waals surface area contributed by atoms with Gasteiger partial charge in [-0.25, -0.2) is 12.8 Å². The van der Waals surface area contributed by atoms with Crippen molar-refractivity contribution in [2.75, 3.05) is 35.1 Å². The lowest BCUT2D eigenvalue weighted by Gasteiger charge is -2.32. The maximum absolute atomic E-state index is 13.5. The van der Waals surface area contributed by atoms with Gasteiger partial charge in [0.1, 0.15) is 12.4 Å². The number of nitrogens with one attached hydrogen (secondary N) is 1. The summed E-state index contributed by atoms with van der Waals surface area (Å²) in [6.07, 6.45) is 3.38. The number of hydrogen-bond acceptors (Lipinski definition) is 4. The smallest absolute Gasteiger partial charge is 0.241 e. The molecule has 31 heavy (non-hydrogen) atoms. The fourth-order valence-electron chi connectivity index (χ4n) is 3.77. The van der Waals surface area contributed by atoms with Crippen LogP contribution in [0, 0.1) is 11.7 Å². The molecule has 0 bridgehead atoms. The van der Waals surface area contributed by atoms with Crippen LogP contribution in [-0.4, -0.2) is 40.2 Å². The predicted molar refractivity (Wildman–Crippen MR) is 122 cm³/mol. The maximum atomic E-state index is 13.5. The minimum atomic E-state index is -3.75. The second kappa shape index (κ2) is 9.68. The number of nitrogens with zero attached hydrogens (tertiary/aromatic N) is 2. The van der Waals surface area contributed by atoms with E-state index in [1.807, 2.05) is 19.1 Å². The molecule has 0 unspecified atom stereocenters. The van der Waals surface area contributed by atoms with Gasteiger partial charge in [-0.2, -0.15) is 0 Å². The fourth-order valence-corrected chi connectivity index (χ4v) is 4.62. The molecule has 0 radical (unpaired) electrons. The Morgan fingerprint density at radius 1 is 1.19 bits per heavy atom. The lowest BCUT2D eigenvalue weighted by Crippen LogP contribution is -2.41. The molecule has 1 amide bonds. The first-order valence-corrected chi connectivity index (χ1v) is 12.4. The Bertz CT molecular complexity index is 1000. The van der Waals surface area contributed by atoms with Crippen LogP contribution >= 0.6 is 0 Å². The Morgan fingerprint density at radius 3 is 2.42 bits per heavy atom. The molecule has 0 saturated carbocycles. The van der Waals surface area contributed by atoms with Crippen molar-refractivity contribution >= 4 is 27.3 Å². The molecule has 8 heteroatoms. The van der Waals surface area contributed by atoms with Gasteiger partial charge in [0.2, 0.25) is 15.9 Å². The number of rotatable bonds is 7. The molecule has 1 heterocycles. The number of sulfonamides is 1. The van der Waals surface area contributed by atoms with Crippen LogP contribution in [0.5, 0.6) is 0 Å². The van der Waals surface area contributed by atoms with Crippen molar-refractivity contribution in [2.45, 2.75) is 32.7 Å². The van der Waals surface area contributed by atoms with Crippen LogP contribution in [-0.2, 0) is 14.8 Å². The molecule has 0 aromatic heterocycles. The van der Waals surface area contributed by atoms with Gasteiger partial charge in [-0.1, -0.05) is 25.1 Å². The van der Waals surface area contributed by atoms with Crippen LogP contribution in [0.3, 0.4) is 0 Å². The summed E-state index contributed by atoms with van der Waals surface area (Å²) in [6.45, 7) is 5.81. The number of anilines is 2. The summed E-state index contributed by atoms with van der Waals surface area (Å²) in [7, 11) is -3.75. The molecule has 1 N–H and O–H groups in total. The molecular formula is C23H30FN3O3S. The molecule has 1 atom stereocenters. The van der Waals surface area contributed by atoms with E-state index in [-0.39, 0.29) is 11.7 Å². The summed E-state index contributed by atoms with van der Waals surface area (Å²) in [6, 6.07) is 13.0. The van der Waals surface area contributed by atoms with Gasteiger partial charge in [0.15, 0.2) is 0 Å². The van der Waals surface area contributed by atoms with E-state index < -0.39 is 28.3 Å². The number of halogens is 1. The average Bonchev–Trinajstić information content (AvgIpc) is 2.72. The quantitative estimate of drug-likeness (QED) is 0.703. The molecule has 0 spiro atoms. The standard InChI is InChI=1S/C23H30FN3O3S/c1-17-11-13-26(14-12-17)21-9-7-19(8-10-21)18(2)25-23(28)16-27(31(3,29)30)22-6-4-5-20(24)15-22/h4-10,15,17-18H,11-14,16H2,1-3H3,(H,25,28)/t18-/m0/s1. The van der Waals surface area contributed by atoms with Crippen molar-refractivity contribution in [3.63, 3.8) is 0 Å². The van der Waals surface area contributed by atoms with Crippen LogP contribution in [0.4, 0.5) is 15.8 Å². The van der Waals surface area contributed by atoms with Crippen LogP contribution in [0.2, 0.25) is 0 Å². The highest BCUT2D eigenvalue weighted by atomic mass is 32.2. The second-order valence-corrected chi connectivity index (χ2v) is 10.2. The number of carbonyl (C=O) groups is 1. The van der Waals surface area contributed by atoms with Crippen LogP contribution < -0.4 is 14.5 Å². The van der Waals surface area contributed by atoms with E-state index in [0.717, 1.165) is 41.2 Å². The van der Waals surface area contributed by atoms with E-state index in [2.05, 4.69) is 29.3 Å². The van der Waals surface area contributed by atoms with Crippen LogP contribution in [0.25, 0.3) is 0 Å². The van der Waals surface area contributed by atoms with E-state index in [1.54, 1.807) is 0 Å². The first-order valence-electron chi connectivity index (χ1n) is 10.5. The third kappa shape index (κ3) is 6.19. The summed E-state index contributed by atoms with van der Waals surface area (Å²) >= 11 is 0. The molecule has 2 aromatic rings. The molecule has 168 valence electrons. The van der Waals surface area contributed by atoms with Gasteiger partial charge in [0, 0.05) is 18.8 Å². The fraction of sp³-hybridized carbons (Fsp3) is 0.435. The van der Waals surface area contributed by atoms with Crippen LogP contribution in [0.15, 0.2) is 48.5 Å². The molecule has 1 saturated heterocycles. The predicted octanol–water partition coefficient (Wildman–Crippen LogP) is 3.71. The zero-order valence-electron chi connectivity index (χ0n) is 18.2. The van der Waals surface area contributed by atoms with Gasteiger partial charge >= 0.3 is 0 Å². The lowest BCUT2D eigenvalue weighted by atomic mass is 9.98. The van der Waals surface area contributed by atoms with Crippen molar-refractivity contribution in [1.82, 2.24) is 5.32 Å². The number of piperidine rings is 1. The zero-order chi connectivity index (χ0) is 22.6. The van der Waals surface area contributed by atoms with Gasteiger partial charge in [-0.05, 0) is 61.6 Å². The Kier molecular flexibility index (Phi) is 7.20. The van der Waals surface area contributed by atoms with Crippen molar-refractivity contribution in [1.29, 1.82) is 0 Å². The monoisotopic (exact) mass is 447 g/mol. The van der Waals surface area contributed by atoms with Crippen molar-refractivity contribution in [3.8, 4) is 0 Å². The number of carbonyl (C=O) groups excluding carboxylic acids is 1. The van der Waals surface area contributed by atoms with Crippen LogP contribution in [0.1, 0.15) is 38.3 Å². The average molecular weight is 448 g/mol. The number of hydrogen-bond donors (Lipinski definition) is 1. The summed E-state index contributed by atoms with van der Waals surface area (Å²) in [4.78, 5) is 14.9. The largest absolute Gasteiger partial charge is 0.372 e. The topological polar surface area (TPSA) is 69.7 Å². The number of amides is 1. The van der Waals surface area contributed by atoms with E-state index in [0.29, 0.717) is 0 Å². The highest BCUT2D eigenvalue weighted by Crippen LogP contribution is 2.25. The summed E-state index contributed by atoms with van der Waals surface area (Å²) in [5.74, 6) is -0.260. The molecule has 1 fully saturated rings. The Labute approximate surface area is 184 Å². The van der Waals surface area contributed by atoms with Crippen molar-refractivity contribution in [2.24, 2.45) is 5.92 Å². The van der Waals surface area contributed by atoms with Gasteiger partial charge in [0.05, 0.1) is 18.0 Å². The SMILES string of the molecule is CC1CCN(c2ccc([C@H](C)NC(=O)CN(c3cccc(F)c3)S(C)(=O)=O)cc2)CC1. The van der Waals surface area contributed by atoms with Gasteiger partial charge in [-0.3, -0.25) is 9.10 Å². The first kappa shape index (κ1) is 23.1. The highest BCUT2D eigenvalue weighted by Gasteiger charge is 2.22. The molecule has 2 aromatic carbocycles. The summed E-state index contributed by atoms with van der Waals surface area (Å²) < 4.78 is 38.8. The maximum Gasteiger partial charge on any atom is 0.241 e. The molecule has 6 nitrogen and oxygen atoms in total. The molecule has 1 aliphatic heterocycles. The number of benzene rings is 2. The molecule has 1 aliphatic rings. The third-order valence-corrected chi connectivity index (χ3v) is 6.84. The van der Waals surface area contributed by atoms with Gasteiger partial charge in [-0.15, -0.1) is 0 Å². The minimum absolute atomic E-state index is 0.116. The van der Waals surface area contributed by atoms with E-state index in [4.69, 9.17) is 0 Å². The van der Waals surface area contributed by atoms with E-state index in [1.165, 1.54) is 36.7 Å². The van der Waals surface area contributed by atoms with Crippen molar-refractivity contribution in [3.05, 3.63) is 59.9 Å². The first-order chi connectivity index (χ1) is 14.6. The van der Waals surface area contributed by atoms with Gasteiger partial charge in [0.25, 0.3) is 0 Å². The van der Waals surface area contributed by atoms with E-state index >= 15 is 0 Å². The summed E-state index contributed by atoms with van der Waals surface area (Å²) in [5, 5.41) is 2.84. The summed E-state index contributed by atoms with van der Waals surface area (Å²) in [5.41, 5.74) is 2.22. The molecular weight excluding hydrogens is 417 g/mol. The molecule has 0 aliphatic carbocycles. The third-order valence-electron chi connectivity index (χ3n) is 5.70. The normalized spacial score (nSPS) is 16.1. The Morgan fingerprint density at radius 2 is 1.84 bits per heavy atom. The van der Waals surface area contributed by atoms with Crippen molar-refractivity contribution < 1.29 is 17.6 Å². The Balaban J connectivity index is 1.64. The highest BCUT2D eigenvalue weighted by molar-refractivity contribution is 7.92. The lowest BCUT2D eigenvalue weighted by molar-refractivity contribution is -0.120.